The third kappa shape index (κ3) is 3.15. The number of rotatable bonds is 3. The van der Waals surface area contributed by atoms with Crippen LogP contribution in [0.1, 0.15) is 5.56 Å². The Morgan fingerprint density at radius 2 is 2.10 bits per heavy atom. The van der Waals surface area contributed by atoms with Crippen molar-refractivity contribution in [1.82, 2.24) is 4.98 Å². The fourth-order valence-electron chi connectivity index (χ4n) is 1.41. The van der Waals surface area contributed by atoms with E-state index in [1.54, 1.807) is 18.2 Å². The molecule has 1 aromatic heterocycles. The van der Waals surface area contributed by atoms with Crippen LogP contribution in [-0.2, 0) is 0 Å². The minimum absolute atomic E-state index is 0.127. The Balaban J connectivity index is 2.39. The molecule has 0 spiro atoms. The highest BCUT2D eigenvalue weighted by Crippen LogP contribution is 2.34. The molecule has 0 unspecified atom stereocenters. The molecule has 0 amide bonds. The van der Waals surface area contributed by atoms with Gasteiger partial charge in [0.25, 0.3) is 0 Å². The van der Waals surface area contributed by atoms with E-state index < -0.39 is 0 Å². The third-order valence-corrected chi connectivity index (χ3v) is 3.56. The van der Waals surface area contributed by atoms with Crippen LogP contribution in [0.2, 0.25) is 10.0 Å². The van der Waals surface area contributed by atoms with Gasteiger partial charge in [-0.3, -0.25) is 0 Å². The van der Waals surface area contributed by atoms with E-state index in [1.165, 1.54) is 12.3 Å². The number of hydrogen-bond acceptors (Lipinski definition) is 4. The Kier molecular flexibility index (Phi) is 4.69. The lowest BCUT2D eigenvalue weighted by Gasteiger charge is -2.10. The lowest BCUT2D eigenvalue weighted by Crippen LogP contribution is -2.14. The largest absolute Gasteiger partial charge is 0.436 e. The number of nitrogens with two attached hydrogens (primary N) is 1. The van der Waals surface area contributed by atoms with Gasteiger partial charge in [0.2, 0.25) is 5.88 Å². The molecule has 1 aromatic carbocycles. The topological polar surface area (TPSA) is 80.7 Å². The fraction of sp³-hybridized carbons (Fsp3) is 0. The summed E-state index contributed by atoms with van der Waals surface area (Å²) in [5.74, 6) is 0.497. The summed E-state index contributed by atoms with van der Waals surface area (Å²) in [7, 11) is 0. The normalized spacial score (nSPS) is 11.4. The summed E-state index contributed by atoms with van der Waals surface area (Å²) in [6.07, 6.45) is 1.44. The number of benzene rings is 1. The zero-order valence-electron chi connectivity index (χ0n) is 9.85. The molecule has 0 radical (unpaired) electrons. The molecule has 0 atom stereocenters. The highest BCUT2D eigenvalue weighted by atomic mass is 79.9. The summed E-state index contributed by atoms with van der Waals surface area (Å²) in [4.78, 5) is 4.01. The van der Waals surface area contributed by atoms with Crippen LogP contribution in [0.25, 0.3) is 0 Å². The Labute approximate surface area is 133 Å². The van der Waals surface area contributed by atoms with Gasteiger partial charge in [-0.05, 0) is 40.2 Å². The fourth-order valence-corrected chi connectivity index (χ4v) is 2.42. The van der Waals surface area contributed by atoms with Crippen molar-refractivity contribution < 1.29 is 9.94 Å². The number of ether oxygens (including phenoxy) is 1. The smallest absolute Gasteiger partial charge is 0.238 e. The van der Waals surface area contributed by atoms with E-state index in [0.29, 0.717) is 20.8 Å². The molecule has 1 heterocycles. The number of hydrogen-bond donors (Lipinski definition) is 2. The summed E-state index contributed by atoms with van der Waals surface area (Å²) in [6, 6.07) is 6.53. The van der Waals surface area contributed by atoms with Gasteiger partial charge in [-0.2, -0.15) is 0 Å². The van der Waals surface area contributed by atoms with Crippen molar-refractivity contribution in [2.75, 3.05) is 0 Å². The van der Waals surface area contributed by atoms with Gasteiger partial charge >= 0.3 is 0 Å². The van der Waals surface area contributed by atoms with Gasteiger partial charge in [0, 0.05) is 16.8 Å². The molecule has 104 valence electrons. The minimum atomic E-state index is -0.127. The molecule has 5 nitrogen and oxygen atoms in total. The number of pyridine rings is 1. The first-order chi connectivity index (χ1) is 9.52. The van der Waals surface area contributed by atoms with E-state index in [9.17, 15) is 0 Å². The van der Waals surface area contributed by atoms with Crippen molar-refractivity contribution >= 4 is 45.0 Å². The molecular weight excluding hydrogens is 369 g/mol. The van der Waals surface area contributed by atoms with Crippen molar-refractivity contribution in [2.45, 2.75) is 0 Å². The number of oxime groups is 1. The van der Waals surface area contributed by atoms with Crippen LogP contribution in [0.15, 0.2) is 40.1 Å². The first-order valence-corrected chi connectivity index (χ1v) is 6.83. The van der Waals surface area contributed by atoms with Gasteiger partial charge in [-0.1, -0.05) is 28.4 Å². The predicted octanol–water partition coefficient (Wildman–Crippen LogP) is 4.04. The Bertz CT molecular complexity index is 680. The summed E-state index contributed by atoms with van der Waals surface area (Å²) < 4.78 is 6.24. The Morgan fingerprint density at radius 3 is 2.75 bits per heavy atom. The van der Waals surface area contributed by atoms with Gasteiger partial charge < -0.3 is 15.7 Å². The third-order valence-electron chi connectivity index (χ3n) is 2.34. The Hall–Kier alpha value is -1.50. The SMILES string of the molecule is N/C(=N/O)c1ccnc(Oc2ccc(Cl)cc2Br)c1Cl. The van der Waals surface area contributed by atoms with Gasteiger partial charge in [-0.25, -0.2) is 4.98 Å². The van der Waals surface area contributed by atoms with E-state index >= 15 is 0 Å². The first-order valence-electron chi connectivity index (χ1n) is 5.28. The lowest BCUT2D eigenvalue weighted by molar-refractivity contribution is 0.318. The molecule has 0 bridgehead atoms. The number of amidine groups is 1. The molecule has 2 rings (SSSR count). The minimum Gasteiger partial charge on any atom is -0.436 e. The second kappa shape index (κ2) is 6.30. The van der Waals surface area contributed by atoms with E-state index in [0.717, 1.165) is 0 Å². The summed E-state index contributed by atoms with van der Waals surface area (Å²) in [5.41, 5.74) is 5.84. The van der Waals surface area contributed by atoms with Crippen LogP contribution in [0.3, 0.4) is 0 Å². The number of nitrogens with zero attached hydrogens (tertiary/aromatic N) is 2. The molecule has 2 aromatic rings. The average Bonchev–Trinajstić information content (AvgIpc) is 2.43. The molecule has 3 N–H and O–H groups in total. The van der Waals surface area contributed by atoms with Crippen molar-refractivity contribution in [3.05, 3.63) is 50.5 Å². The first kappa shape index (κ1) is 14.9. The van der Waals surface area contributed by atoms with Crippen LogP contribution >= 0.6 is 39.1 Å². The summed E-state index contributed by atoms with van der Waals surface area (Å²) in [5, 5.41) is 12.3. The number of aromatic nitrogens is 1. The molecule has 20 heavy (non-hydrogen) atoms. The predicted molar refractivity (Wildman–Crippen MR) is 81.0 cm³/mol. The van der Waals surface area contributed by atoms with E-state index in [4.69, 9.17) is 38.9 Å². The van der Waals surface area contributed by atoms with E-state index in [2.05, 4.69) is 26.1 Å². The van der Waals surface area contributed by atoms with Crippen molar-refractivity contribution in [3.63, 3.8) is 0 Å². The van der Waals surface area contributed by atoms with Gasteiger partial charge in [0.1, 0.15) is 10.8 Å². The molecule has 0 aliphatic heterocycles. The molecule has 0 saturated heterocycles. The van der Waals surface area contributed by atoms with Crippen LogP contribution in [0.5, 0.6) is 11.6 Å². The quantitative estimate of drug-likeness (QED) is 0.366. The molecule has 0 saturated carbocycles. The van der Waals surface area contributed by atoms with Crippen molar-refractivity contribution in [2.24, 2.45) is 10.9 Å². The highest BCUT2D eigenvalue weighted by Gasteiger charge is 2.14. The molecule has 0 aliphatic carbocycles. The van der Waals surface area contributed by atoms with Gasteiger partial charge in [0.15, 0.2) is 5.84 Å². The maximum Gasteiger partial charge on any atom is 0.238 e. The standard InChI is InChI=1S/C12H8BrCl2N3O2/c13-8-5-6(14)1-2-9(8)20-12-10(15)7(3-4-17-12)11(16)18-19/h1-5,19H,(H2,16,18). The van der Waals surface area contributed by atoms with Crippen LogP contribution in [0.4, 0.5) is 0 Å². The lowest BCUT2D eigenvalue weighted by atomic mass is 10.2. The zero-order chi connectivity index (χ0) is 14.7. The molecule has 0 fully saturated rings. The van der Waals surface area contributed by atoms with Crippen molar-refractivity contribution in [1.29, 1.82) is 0 Å². The van der Waals surface area contributed by atoms with Gasteiger partial charge in [0.05, 0.1) is 4.47 Å². The zero-order valence-corrected chi connectivity index (χ0v) is 12.9. The van der Waals surface area contributed by atoms with E-state index in [-0.39, 0.29) is 16.7 Å². The maximum absolute atomic E-state index is 8.69. The second-order valence-corrected chi connectivity index (χ2v) is 5.31. The van der Waals surface area contributed by atoms with Crippen molar-refractivity contribution in [3.8, 4) is 11.6 Å². The molecule has 0 aliphatic rings. The summed E-state index contributed by atoms with van der Waals surface area (Å²) in [6.45, 7) is 0. The molecule has 8 heteroatoms. The Morgan fingerprint density at radius 1 is 1.35 bits per heavy atom. The summed E-state index contributed by atoms with van der Waals surface area (Å²) >= 11 is 15.3. The monoisotopic (exact) mass is 375 g/mol. The maximum atomic E-state index is 8.69. The van der Waals surface area contributed by atoms with Crippen LogP contribution < -0.4 is 10.5 Å². The van der Waals surface area contributed by atoms with E-state index in [1.807, 2.05) is 0 Å². The number of halogens is 3. The van der Waals surface area contributed by atoms with Crippen LogP contribution in [0, 0.1) is 0 Å². The van der Waals surface area contributed by atoms with Gasteiger partial charge in [-0.15, -0.1) is 0 Å². The highest BCUT2D eigenvalue weighted by molar-refractivity contribution is 9.10. The van der Waals surface area contributed by atoms with Crippen LogP contribution in [-0.4, -0.2) is 16.0 Å². The average molecular weight is 377 g/mol. The molecular formula is C12H8BrCl2N3O2. The second-order valence-electron chi connectivity index (χ2n) is 3.64.